The quantitative estimate of drug-likeness (QED) is 0.403. The molecule has 1 amide bonds. The first-order valence-corrected chi connectivity index (χ1v) is 5.68. The zero-order valence-electron chi connectivity index (χ0n) is 10.2. The second-order valence-corrected chi connectivity index (χ2v) is 3.84. The van der Waals surface area contributed by atoms with Crippen molar-refractivity contribution in [3.63, 3.8) is 0 Å². The van der Waals surface area contributed by atoms with Crippen LogP contribution < -0.4 is 21.9 Å². The summed E-state index contributed by atoms with van der Waals surface area (Å²) >= 11 is 0. The summed E-state index contributed by atoms with van der Waals surface area (Å²) in [7, 11) is 0. The average molecular weight is 254 g/mol. The van der Waals surface area contributed by atoms with Gasteiger partial charge in [0.1, 0.15) is 0 Å². The molecule has 0 saturated heterocycles. The van der Waals surface area contributed by atoms with Gasteiger partial charge in [-0.15, -0.1) is 0 Å². The average Bonchev–Trinajstić information content (AvgIpc) is 2.33. The summed E-state index contributed by atoms with van der Waals surface area (Å²) in [5.41, 5.74) is 5.13. The summed E-state index contributed by atoms with van der Waals surface area (Å²) in [5, 5.41) is 15.1. The second-order valence-electron chi connectivity index (χ2n) is 3.84. The zero-order chi connectivity index (χ0) is 13.5. The molecule has 1 aromatic heterocycles. The molecule has 0 radical (unpaired) electrons. The lowest BCUT2D eigenvalue weighted by molar-refractivity contribution is 0.0951. The van der Waals surface area contributed by atoms with Gasteiger partial charge in [0.25, 0.3) is 11.5 Å². The van der Waals surface area contributed by atoms with Crippen LogP contribution in [-0.2, 0) is 0 Å². The fourth-order valence-electron chi connectivity index (χ4n) is 1.44. The van der Waals surface area contributed by atoms with Crippen molar-refractivity contribution in [2.24, 2.45) is 5.73 Å². The maximum Gasteiger partial charge on any atom is 0.291 e. The van der Waals surface area contributed by atoms with E-state index in [0.29, 0.717) is 31.9 Å². The van der Waals surface area contributed by atoms with Crippen LogP contribution in [0.15, 0.2) is 10.9 Å². The number of pyridine rings is 1. The SMILES string of the molecule is Cc1cc(C(=O)NCCNCCN)c(O)c(=O)[nH]1. The Morgan fingerprint density at radius 2 is 2.17 bits per heavy atom. The summed E-state index contributed by atoms with van der Waals surface area (Å²) in [4.78, 5) is 25.4. The van der Waals surface area contributed by atoms with Crippen LogP contribution >= 0.6 is 0 Å². The third-order valence-corrected chi connectivity index (χ3v) is 2.29. The molecule has 0 bridgehead atoms. The summed E-state index contributed by atoms with van der Waals surface area (Å²) in [6, 6.07) is 1.43. The van der Waals surface area contributed by atoms with Crippen LogP contribution in [0.25, 0.3) is 0 Å². The highest BCUT2D eigenvalue weighted by Gasteiger charge is 2.13. The van der Waals surface area contributed by atoms with E-state index in [4.69, 9.17) is 5.73 Å². The Kier molecular flexibility index (Phi) is 5.34. The number of amides is 1. The van der Waals surface area contributed by atoms with E-state index in [9.17, 15) is 14.7 Å². The van der Waals surface area contributed by atoms with E-state index in [2.05, 4.69) is 15.6 Å². The number of carbonyl (C=O) groups is 1. The number of nitrogens with one attached hydrogen (secondary N) is 3. The highest BCUT2D eigenvalue weighted by atomic mass is 16.3. The van der Waals surface area contributed by atoms with E-state index in [1.54, 1.807) is 6.92 Å². The third kappa shape index (κ3) is 3.86. The number of aryl methyl sites for hydroxylation is 1. The molecular weight excluding hydrogens is 236 g/mol. The van der Waals surface area contributed by atoms with Gasteiger partial charge < -0.3 is 26.5 Å². The van der Waals surface area contributed by atoms with Gasteiger partial charge in [-0.25, -0.2) is 0 Å². The zero-order valence-corrected chi connectivity index (χ0v) is 10.2. The molecule has 0 saturated carbocycles. The minimum Gasteiger partial charge on any atom is -0.502 e. The van der Waals surface area contributed by atoms with Crippen molar-refractivity contribution in [3.8, 4) is 5.75 Å². The fraction of sp³-hybridized carbons (Fsp3) is 0.455. The molecule has 0 spiro atoms. The Morgan fingerprint density at radius 1 is 1.44 bits per heavy atom. The number of aromatic hydroxyl groups is 1. The number of hydrogen-bond acceptors (Lipinski definition) is 5. The van der Waals surface area contributed by atoms with E-state index < -0.39 is 17.2 Å². The van der Waals surface area contributed by atoms with Crippen LogP contribution in [-0.4, -0.2) is 42.2 Å². The normalized spacial score (nSPS) is 10.3. The van der Waals surface area contributed by atoms with Gasteiger partial charge in [-0.3, -0.25) is 9.59 Å². The first-order chi connectivity index (χ1) is 8.56. The highest BCUT2D eigenvalue weighted by molar-refractivity contribution is 5.96. The summed E-state index contributed by atoms with van der Waals surface area (Å²) in [5.74, 6) is -1.04. The standard InChI is InChI=1S/C11H18N4O3/c1-7-6-8(9(16)11(18)15-7)10(17)14-5-4-13-3-2-12/h6,13,16H,2-5,12H2,1H3,(H,14,17)(H,15,18). The molecule has 0 fully saturated rings. The molecule has 1 rings (SSSR count). The molecular formula is C11H18N4O3. The Hall–Kier alpha value is -1.86. The minimum atomic E-state index is -0.665. The van der Waals surface area contributed by atoms with E-state index in [0.717, 1.165) is 0 Å². The van der Waals surface area contributed by atoms with Crippen molar-refractivity contribution < 1.29 is 9.90 Å². The number of aromatic amines is 1. The molecule has 0 aliphatic carbocycles. The van der Waals surface area contributed by atoms with E-state index in [1.807, 2.05) is 0 Å². The second kappa shape index (κ2) is 6.77. The third-order valence-electron chi connectivity index (χ3n) is 2.29. The fourth-order valence-corrected chi connectivity index (χ4v) is 1.44. The largest absolute Gasteiger partial charge is 0.502 e. The lowest BCUT2D eigenvalue weighted by Crippen LogP contribution is -2.34. The van der Waals surface area contributed by atoms with Crippen LogP contribution in [0.3, 0.4) is 0 Å². The van der Waals surface area contributed by atoms with Gasteiger partial charge in [-0.2, -0.15) is 0 Å². The topological polar surface area (TPSA) is 120 Å². The summed E-state index contributed by atoms with van der Waals surface area (Å²) in [6.45, 7) is 3.81. The molecule has 18 heavy (non-hydrogen) atoms. The lowest BCUT2D eigenvalue weighted by Gasteiger charge is -2.07. The van der Waals surface area contributed by atoms with Crippen LogP contribution in [0, 0.1) is 6.92 Å². The van der Waals surface area contributed by atoms with Crippen LogP contribution in [0.1, 0.15) is 16.1 Å². The number of H-pyrrole nitrogens is 1. The first kappa shape index (κ1) is 14.2. The summed E-state index contributed by atoms with van der Waals surface area (Å²) < 4.78 is 0. The minimum absolute atomic E-state index is 0.0184. The molecule has 1 heterocycles. The van der Waals surface area contributed by atoms with Crippen molar-refractivity contribution in [1.29, 1.82) is 0 Å². The maximum absolute atomic E-state index is 11.7. The Morgan fingerprint density at radius 3 is 2.83 bits per heavy atom. The number of nitrogens with two attached hydrogens (primary N) is 1. The van der Waals surface area contributed by atoms with Crippen molar-refractivity contribution in [1.82, 2.24) is 15.6 Å². The van der Waals surface area contributed by atoms with Gasteiger partial charge in [0.15, 0.2) is 5.75 Å². The van der Waals surface area contributed by atoms with Crippen LogP contribution in [0.5, 0.6) is 5.75 Å². The molecule has 0 aliphatic heterocycles. The van der Waals surface area contributed by atoms with Gasteiger partial charge in [0.05, 0.1) is 5.56 Å². The van der Waals surface area contributed by atoms with Crippen LogP contribution in [0.4, 0.5) is 0 Å². The molecule has 0 unspecified atom stereocenters. The Balaban J connectivity index is 2.59. The van der Waals surface area contributed by atoms with Crippen molar-refractivity contribution in [2.45, 2.75) is 6.92 Å². The van der Waals surface area contributed by atoms with Gasteiger partial charge in [0.2, 0.25) is 0 Å². The highest BCUT2D eigenvalue weighted by Crippen LogP contribution is 2.10. The Labute approximate surface area is 104 Å². The van der Waals surface area contributed by atoms with Gasteiger partial charge in [-0.05, 0) is 13.0 Å². The molecule has 0 aromatic carbocycles. The molecule has 6 N–H and O–H groups in total. The summed E-state index contributed by atoms with van der Waals surface area (Å²) in [6.07, 6.45) is 0. The predicted molar refractivity (Wildman–Crippen MR) is 67.7 cm³/mol. The maximum atomic E-state index is 11.7. The van der Waals surface area contributed by atoms with E-state index >= 15 is 0 Å². The number of hydrogen-bond donors (Lipinski definition) is 5. The molecule has 100 valence electrons. The molecule has 7 heteroatoms. The number of rotatable bonds is 6. The Bertz CT molecular complexity index is 470. The smallest absolute Gasteiger partial charge is 0.291 e. The van der Waals surface area contributed by atoms with Crippen molar-refractivity contribution >= 4 is 5.91 Å². The van der Waals surface area contributed by atoms with E-state index in [-0.39, 0.29) is 5.56 Å². The van der Waals surface area contributed by atoms with Crippen LogP contribution in [0.2, 0.25) is 0 Å². The monoisotopic (exact) mass is 254 g/mol. The van der Waals surface area contributed by atoms with Crippen molar-refractivity contribution in [3.05, 3.63) is 27.7 Å². The predicted octanol–water partition coefficient (Wildman–Crippen LogP) is -1.33. The molecule has 7 nitrogen and oxygen atoms in total. The first-order valence-electron chi connectivity index (χ1n) is 5.68. The van der Waals surface area contributed by atoms with Gasteiger partial charge >= 0.3 is 0 Å². The molecule has 0 atom stereocenters. The molecule has 1 aromatic rings. The number of carbonyl (C=O) groups excluding carboxylic acids is 1. The van der Waals surface area contributed by atoms with E-state index in [1.165, 1.54) is 6.07 Å². The van der Waals surface area contributed by atoms with Gasteiger partial charge in [0, 0.05) is 31.9 Å². The number of aromatic nitrogens is 1. The lowest BCUT2D eigenvalue weighted by atomic mass is 10.2. The van der Waals surface area contributed by atoms with Gasteiger partial charge in [-0.1, -0.05) is 0 Å². The van der Waals surface area contributed by atoms with Crippen molar-refractivity contribution in [2.75, 3.05) is 26.2 Å². The molecule has 0 aliphatic rings.